The Morgan fingerprint density at radius 2 is 1.95 bits per heavy atom. The summed E-state index contributed by atoms with van der Waals surface area (Å²) in [6, 6.07) is 14.7. The molecule has 0 aliphatic rings. The lowest BCUT2D eigenvalue weighted by atomic mass is 10.1. The highest BCUT2D eigenvalue weighted by molar-refractivity contribution is 5.81. The normalized spacial score (nSPS) is 10.7. The van der Waals surface area contributed by atoms with Crippen LogP contribution in [0.1, 0.15) is 11.1 Å². The van der Waals surface area contributed by atoms with Crippen LogP contribution in [0, 0.1) is 12.7 Å². The van der Waals surface area contributed by atoms with Gasteiger partial charge >= 0.3 is 0 Å². The molecule has 100 valence electrons. The molecular formula is C17H14FNO. The number of aryl methyl sites for hydroxylation is 1. The van der Waals surface area contributed by atoms with Crippen molar-refractivity contribution in [3.8, 4) is 5.75 Å². The largest absolute Gasteiger partial charge is 0.489 e. The van der Waals surface area contributed by atoms with Gasteiger partial charge in [0.1, 0.15) is 18.2 Å². The lowest BCUT2D eigenvalue weighted by molar-refractivity contribution is 0.306. The SMILES string of the molecule is Cc1ccc(OCc2ccnc3ccccc23)cc1F. The first kappa shape index (κ1) is 12.6. The molecule has 2 nitrogen and oxygen atoms in total. The van der Waals surface area contributed by atoms with E-state index in [1.807, 2.05) is 30.3 Å². The van der Waals surface area contributed by atoms with E-state index in [1.54, 1.807) is 25.3 Å². The van der Waals surface area contributed by atoms with E-state index in [0.29, 0.717) is 17.9 Å². The first-order valence-corrected chi connectivity index (χ1v) is 6.45. The summed E-state index contributed by atoms with van der Waals surface area (Å²) >= 11 is 0. The second-order valence-electron chi connectivity index (χ2n) is 4.69. The van der Waals surface area contributed by atoms with Gasteiger partial charge in [-0.3, -0.25) is 4.98 Å². The van der Waals surface area contributed by atoms with Crippen molar-refractivity contribution < 1.29 is 9.13 Å². The zero-order chi connectivity index (χ0) is 13.9. The molecule has 0 N–H and O–H groups in total. The smallest absolute Gasteiger partial charge is 0.129 e. The summed E-state index contributed by atoms with van der Waals surface area (Å²) in [5.74, 6) is 0.288. The lowest BCUT2D eigenvalue weighted by Crippen LogP contribution is -1.98. The molecule has 0 saturated heterocycles. The van der Waals surface area contributed by atoms with Gasteiger partial charge in [0.15, 0.2) is 0 Å². The molecule has 2 aromatic carbocycles. The Labute approximate surface area is 116 Å². The first-order chi connectivity index (χ1) is 9.74. The van der Waals surface area contributed by atoms with Gasteiger partial charge in [-0.15, -0.1) is 0 Å². The van der Waals surface area contributed by atoms with Gasteiger partial charge in [-0.2, -0.15) is 0 Å². The maximum atomic E-state index is 13.5. The minimum atomic E-state index is -0.248. The summed E-state index contributed by atoms with van der Waals surface area (Å²) in [4.78, 5) is 4.31. The van der Waals surface area contributed by atoms with Crippen molar-refractivity contribution in [2.24, 2.45) is 0 Å². The second-order valence-corrected chi connectivity index (χ2v) is 4.69. The number of hydrogen-bond acceptors (Lipinski definition) is 2. The Bertz CT molecular complexity index is 750. The summed E-state index contributed by atoms with van der Waals surface area (Å²) in [5.41, 5.74) is 2.59. The molecule has 3 heteroatoms. The summed E-state index contributed by atoms with van der Waals surface area (Å²) in [6.07, 6.45) is 1.76. The molecule has 0 aliphatic heterocycles. The molecule has 0 radical (unpaired) electrons. The number of fused-ring (bicyclic) bond motifs is 1. The first-order valence-electron chi connectivity index (χ1n) is 6.45. The quantitative estimate of drug-likeness (QED) is 0.707. The van der Waals surface area contributed by atoms with Gasteiger partial charge in [0.2, 0.25) is 0 Å². The Morgan fingerprint density at radius 3 is 2.80 bits per heavy atom. The summed E-state index contributed by atoms with van der Waals surface area (Å²) < 4.78 is 19.1. The van der Waals surface area contributed by atoms with E-state index >= 15 is 0 Å². The summed E-state index contributed by atoms with van der Waals surface area (Å²) in [5, 5.41) is 1.06. The molecule has 0 spiro atoms. The van der Waals surface area contributed by atoms with Gasteiger partial charge < -0.3 is 4.74 Å². The number of halogens is 1. The third-order valence-electron chi connectivity index (χ3n) is 3.28. The van der Waals surface area contributed by atoms with Crippen LogP contribution in [0.25, 0.3) is 10.9 Å². The minimum Gasteiger partial charge on any atom is -0.489 e. The van der Waals surface area contributed by atoms with Crippen LogP contribution in [-0.4, -0.2) is 4.98 Å². The summed E-state index contributed by atoms with van der Waals surface area (Å²) in [7, 11) is 0. The summed E-state index contributed by atoms with van der Waals surface area (Å²) in [6.45, 7) is 2.13. The molecule has 0 atom stereocenters. The Hall–Kier alpha value is -2.42. The molecule has 0 saturated carbocycles. The Balaban J connectivity index is 1.85. The van der Waals surface area contributed by atoms with E-state index in [1.165, 1.54) is 6.07 Å². The van der Waals surface area contributed by atoms with Crippen molar-refractivity contribution >= 4 is 10.9 Å². The number of ether oxygens (including phenoxy) is 1. The highest BCUT2D eigenvalue weighted by atomic mass is 19.1. The van der Waals surface area contributed by atoms with Gasteiger partial charge in [0.05, 0.1) is 5.52 Å². The van der Waals surface area contributed by atoms with Crippen molar-refractivity contribution in [3.63, 3.8) is 0 Å². The molecule has 0 fully saturated rings. The molecule has 1 aromatic heterocycles. The number of pyridine rings is 1. The molecule has 0 unspecified atom stereocenters. The van der Waals surface area contributed by atoms with E-state index in [0.717, 1.165) is 16.5 Å². The molecule has 20 heavy (non-hydrogen) atoms. The predicted octanol–water partition coefficient (Wildman–Crippen LogP) is 4.26. The van der Waals surface area contributed by atoms with Gasteiger partial charge in [-0.25, -0.2) is 4.39 Å². The number of rotatable bonds is 3. The van der Waals surface area contributed by atoms with E-state index in [9.17, 15) is 4.39 Å². The average molecular weight is 267 g/mol. The van der Waals surface area contributed by atoms with E-state index < -0.39 is 0 Å². The number of nitrogens with zero attached hydrogens (tertiary/aromatic N) is 1. The van der Waals surface area contributed by atoms with Crippen molar-refractivity contribution in [1.82, 2.24) is 4.98 Å². The van der Waals surface area contributed by atoms with Gasteiger partial charge in [0, 0.05) is 23.2 Å². The Kier molecular flexibility index (Phi) is 3.33. The van der Waals surface area contributed by atoms with Crippen LogP contribution in [0.2, 0.25) is 0 Å². The van der Waals surface area contributed by atoms with Crippen molar-refractivity contribution in [2.45, 2.75) is 13.5 Å². The van der Waals surface area contributed by atoms with Crippen LogP contribution in [0.4, 0.5) is 4.39 Å². The zero-order valence-electron chi connectivity index (χ0n) is 11.1. The molecule has 1 heterocycles. The highest BCUT2D eigenvalue weighted by Crippen LogP contribution is 2.20. The molecular weight excluding hydrogens is 253 g/mol. The lowest BCUT2D eigenvalue weighted by Gasteiger charge is -2.09. The van der Waals surface area contributed by atoms with Gasteiger partial charge in [-0.05, 0) is 30.7 Å². The molecule has 0 aliphatic carbocycles. The second kappa shape index (κ2) is 5.29. The van der Waals surface area contributed by atoms with Crippen molar-refractivity contribution in [3.05, 3.63) is 71.7 Å². The van der Waals surface area contributed by atoms with Crippen LogP contribution in [-0.2, 0) is 6.61 Å². The third kappa shape index (κ3) is 2.48. The van der Waals surface area contributed by atoms with Crippen molar-refractivity contribution in [1.29, 1.82) is 0 Å². The van der Waals surface area contributed by atoms with Crippen LogP contribution in [0.3, 0.4) is 0 Å². The monoisotopic (exact) mass is 267 g/mol. The molecule has 0 amide bonds. The fraction of sp³-hybridized carbons (Fsp3) is 0.118. The van der Waals surface area contributed by atoms with E-state index in [2.05, 4.69) is 4.98 Å². The fourth-order valence-corrected chi connectivity index (χ4v) is 2.11. The van der Waals surface area contributed by atoms with Crippen LogP contribution >= 0.6 is 0 Å². The standard InChI is InChI=1S/C17H14FNO/c1-12-6-7-14(10-16(12)18)20-11-13-8-9-19-17-5-3-2-4-15(13)17/h2-10H,11H2,1H3. The number of hydrogen-bond donors (Lipinski definition) is 0. The topological polar surface area (TPSA) is 22.1 Å². The van der Waals surface area contributed by atoms with Gasteiger partial charge in [0.25, 0.3) is 0 Å². The average Bonchev–Trinajstić information content (AvgIpc) is 2.48. The maximum Gasteiger partial charge on any atom is 0.129 e. The highest BCUT2D eigenvalue weighted by Gasteiger charge is 2.04. The van der Waals surface area contributed by atoms with Crippen LogP contribution < -0.4 is 4.74 Å². The fourth-order valence-electron chi connectivity index (χ4n) is 2.11. The van der Waals surface area contributed by atoms with Gasteiger partial charge in [-0.1, -0.05) is 24.3 Å². The van der Waals surface area contributed by atoms with Crippen LogP contribution in [0.5, 0.6) is 5.75 Å². The Morgan fingerprint density at radius 1 is 1.10 bits per heavy atom. The van der Waals surface area contributed by atoms with Crippen molar-refractivity contribution in [2.75, 3.05) is 0 Å². The number of para-hydroxylation sites is 1. The molecule has 0 bridgehead atoms. The zero-order valence-corrected chi connectivity index (χ0v) is 11.1. The minimum absolute atomic E-state index is 0.248. The number of benzene rings is 2. The maximum absolute atomic E-state index is 13.5. The molecule has 3 rings (SSSR count). The predicted molar refractivity (Wildman–Crippen MR) is 77.2 cm³/mol. The third-order valence-corrected chi connectivity index (χ3v) is 3.28. The number of aromatic nitrogens is 1. The molecule has 3 aromatic rings. The van der Waals surface area contributed by atoms with E-state index in [4.69, 9.17) is 4.74 Å². The van der Waals surface area contributed by atoms with Crippen LogP contribution in [0.15, 0.2) is 54.7 Å². The van der Waals surface area contributed by atoms with E-state index in [-0.39, 0.29) is 5.82 Å².